The lowest BCUT2D eigenvalue weighted by molar-refractivity contribution is -0.384. The summed E-state index contributed by atoms with van der Waals surface area (Å²) in [5.41, 5.74) is 0.813. The average Bonchev–Trinajstić information content (AvgIpc) is 2.47. The monoisotopic (exact) mass is 274 g/mol. The number of nitrogens with one attached hydrogen (secondary N) is 1. The number of hydrogen-bond donors (Lipinski definition) is 1. The highest BCUT2D eigenvalue weighted by Gasteiger charge is 2.18. The van der Waals surface area contributed by atoms with Gasteiger partial charge in [0.15, 0.2) is 0 Å². The Hall–Kier alpha value is -2.70. The van der Waals surface area contributed by atoms with Crippen molar-refractivity contribution in [2.24, 2.45) is 0 Å². The maximum atomic E-state index is 11.0. The minimum Gasteiger partial charge on any atom is -0.481 e. The number of pyridine rings is 2. The van der Waals surface area contributed by atoms with E-state index in [2.05, 4.69) is 15.3 Å². The van der Waals surface area contributed by atoms with Crippen LogP contribution in [0.4, 0.5) is 11.5 Å². The number of ether oxygens (including phenoxy) is 1. The van der Waals surface area contributed by atoms with Gasteiger partial charge in [-0.25, -0.2) is 0 Å². The van der Waals surface area contributed by atoms with Crippen LogP contribution in [0.5, 0.6) is 5.88 Å². The molecule has 2 aromatic rings. The first-order valence-corrected chi connectivity index (χ1v) is 5.97. The van der Waals surface area contributed by atoms with Crippen LogP contribution in [0.3, 0.4) is 0 Å². The third kappa shape index (κ3) is 3.00. The first-order chi connectivity index (χ1) is 9.61. The first kappa shape index (κ1) is 13.7. The number of rotatable bonds is 5. The Morgan fingerprint density at radius 2 is 2.20 bits per heavy atom. The zero-order chi connectivity index (χ0) is 14.5. The SMILES string of the molecule is COc1ccc([N+](=O)[O-])c(NC(C)c2cccnc2)n1. The van der Waals surface area contributed by atoms with Gasteiger partial charge in [-0.1, -0.05) is 6.07 Å². The lowest BCUT2D eigenvalue weighted by atomic mass is 10.1. The van der Waals surface area contributed by atoms with Crippen molar-refractivity contribution in [1.82, 2.24) is 9.97 Å². The predicted octanol–water partition coefficient (Wildman–Crippen LogP) is 2.57. The Morgan fingerprint density at radius 1 is 1.40 bits per heavy atom. The van der Waals surface area contributed by atoms with E-state index in [4.69, 9.17) is 4.74 Å². The maximum Gasteiger partial charge on any atom is 0.311 e. The molecule has 0 aliphatic carbocycles. The van der Waals surface area contributed by atoms with E-state index < -0.39 is 4.92 Å². The number of anilines is 1. The smallest absolute Gasteiger partial charge is 0.311 e. The molecule has 2 aromatic heterocycles. The molecule has 1 atom stereocenters. The van der Waals surface area contributed by atoms with Gasteiger partial charge in [0.2, 0.25) is 11.7 Å². The van der Waals surface area contributed by atoms with Gasteiger partial charge in [-0.05, 0) is 18.6 Å². The number of aromatic nitrogens is 2. The topological polar surface area (TPSA) is 90.2 Å². The lowest BCUT2D eigenvalue weighted by Crippen LogP contribution is -2.10. The van der Waals surface area contributed by atoms with Gasteiger partial charge >= 0.3 is 5.69 Å². The van der Waals surface area contributed by atoms with Crippen molar-refractivity contribution in [3.8, 4) is 5.88 Å². The molecule has 0 radical (unpaired) electrons. The van der Waals surface area contributed by atoms with Crippen LogP contribution >= 0.6 is 0 Å². The van der Waals surface area contributed by atoms with Crippen LogP contribution in [0.15, 0.2) is 36.7 Å². The molecule has 0 saturated heterocycles. The van der Waals surface area contributed by atoms with E-state index in [0.29, 0.717) is 5.88 Å². The van der Waals surface area contributed by atoms with Gasteiger partial charge in [-0.2, -0.15) is 4.98 Å². The molecule has 7 nitrogen and oxygen atoms in total. The van der Waals surface area contributed by atoms with Gasteiger partial charge in [-0.15, -0.1) is 0 Å². The Balaban J connectivity index is 2.29. The molecule has 2 heterocycles. The molecule has 7 heteroatoms. The van der Waals surface area contributed by atoms with Crippen LogP contribution in [0.1, 0.15) is 18.5 Å². The molecule has 1 N–H and O–H groups in total. The largest absolute Gasteiger partial charge is 0.481 e. The Bertz CT molecular complexity index is 604. The summed E-state index contributed by atoms with van der Waals surface area (Å²) < 4.78 is 4.99. The van der Waals surface area contributed by atoms with Crippen molar-refractivity contribution in [1.29, 1.82) is 0 Å². The zero-order valence-electron chi connectivity index (χ0n) is 11.1. The van der Waals surface area contributed by atoms with Gasteiger partial charge < -0.3 is 10.1 Å². The third-order valence-electron chi connectivity index (χ3n) is 2.79. The van der Waals surface area contributed by atoms with Crippen molar-refractivity contribution in [2.45, 2.75) is 13.0 Å². The molecule has 0 saturated carbocycles. The number of nitrogens with zero attached hydrogens (tertiary/aromatic N) is 3. The Morgan fingerprint density at radius 3 is 2.80 bits per heavy atom. The van der Waals surface area contributed by atoms with E-state index in [1.165, 1.54) is 19.2 Å². The summed E-state index contributed by atoms with van der Waals surface area (Å²) in [7, 11) is 1.46. The van der Waals surface area contributed by atoms with E-state index in [-0.39, 0.29) is 17.5 Å². The summed E-state index contributed by atoms with van der Waals surface area (Å²) in [5.74, 6) is 0.488. The molecule has 0 aliphatic rings. The molecular weight excluding hydrogens is 260 g/mol. The van der Waals surface area contributed by atoms with Crippen LogP contribution in [-0.4, -0.2) is 22.0 Å². The Labute approximate surface area is 115 Å². The van der Waals surface area contributed by atoms with Crippen molar-refractivity contribution in [3.05, 3.63) is 52.3 Å². The molecular formula is C13H14N4O3. The average molecular weight is 274 g/mol. The van der Waals surface area contributed by atoms with Gasteiger partial charge in [-0.3, -0.25) is 15.1 Å². The minimum absolute atomic E-state index is 0.0958. The number of nitro groups is 1. The number of methoxy groups -OCH3 is 1. The van der Waals surface area contributed by atoms with Gasteiger partial charge in [0, 0.05) is 24.5 Å². The molecule has 0 aromatic carbocycles. The summed E-state index contributed by atoms with van der Waals surface area (Å²) in [6.07, 6.45) is 3.37. The summed E-state index contributed by atoms with van der Waals surface area (Å²) in [6.45, 7) is 1.88. The minimum atomic E-state index is -0.481. The van der Waals surface area contributed by atoms with Crippen LogP contribution < -0.4 is 10.1 Å². The summed E-state index contributed by atoms with van der Waals surface area (Å²) in [4.78, 5) is 18.6. The fourth-order valence-corrected chi connectivity index (χ4v) is 1.72. The quantitative estimate of drug-likeness (QED) is 0.665. The van der Waals surface area contributed by atoms with Crippen molar-refractivity contribution < 1.29 is 9.66 Å². The van der Waals surface area contributed by atoms with Crippen LogP contribution in [0.25, 0.3) is 0 Å². The fraction of sp³-hybridized carbons (Fsp3) is 0.231. The third-order valence-corrected chi connectivity index (χ3v) is 2.79. The molecule has 0 amide bonds. The Kier molecular flexibility index (Phi) is 4.09. The summed E-state index contributed by atoms with van der Waals surface area (Å²) in [5, 5.41) is 14.0. The lowest BCUT2D eigenvalue weighted by Gasteiger charge is -2.14. The normalized spacial score (nSPS) is 11.7. The van der Waals surface area contributed by atoms with Crippen molar-refractivity contribution >= 4 is 11.5 Å². The van der Waals surface area contributed by atoms with E-state index >= 15 is 0 Å². The highest BCUT2D eigenvalue weighted by atomic mass is 16.6. The second-order valence-corrected chi connectivity index (χ2v) is 4.13. The van der Waals surface area contributed by atoms with Crippen LogP contribution in [-0.2, 0) is 0 Å². The molecule has 104 valence electrons. The zero-order valence-corrected chi connectivity index (χ0v) is 11.1. The molecule has 20 heavy (non-hydrogen) atoms. The van der Waals surface area contributed by atoms with Crippen molar-refractivity contribution in [3.63, 3.8) is 0 Å². The standard InChI is InChI=1S/C13H14N4O3/c1-9(10-4-3-7-14-8-10)15-13-11(17(18)19)5-6-12(16-13)20-2/h3-9H,1-2H3,(H,15,16). The van der Waals surface area contributed by atoms with Gasteiger partial charge in [0.1, 0.15) is 0 Å². The second kappa shape index (κ2) is 5.96. The first-order valence-electron chi connectivity index (χ1n) is 5.97. The number of hydrogen-bond acceptors (Lipinski definition) is 6. The van der Waals surface area contributed by atoms with E-state index in [9.17, 15) is 10.1 Å². The molecule has 0 bridgehead atoms. The van der Waals surface area contributed by atoms with E-state index in [1.54, 1.807) is 18.5 Å². The molecule has 0 spiro atoms. The molecule has 2 rings (SSSR count). The highest BCUT2D eigenvalue weighted by Crippen LogP contribution is 2.28. The maximum absolute atomic E-state index is 11.0. The fourth-order valence-electron chi connectivity index (χ4n) is 1.72. The van der Waals surface area contributed by atoms with Crippen LogP contribution in [0.2, 0.25) is 0 Å². The predicted molar refractivity (Wildman–Crippen MR) is 73.7 cm³/mol. The highest BCUT2D eigenvalue weighted by molar-refractivity contribution is 5.58. The van der Waals surface area contributed by atoms with Gasteiger partial charge in [0.05, 0.1) is 18.1 Å². The van der Waals surface area contributed by atoms with E-state index in [0.717, 1.165) is 5.56 Å². The second-order valence-electron chi connectivity index (χ2n) is 4.13. The van der Waals surface area contributed by atoms with Gasteiger partial charge in [0.25, 0.3) is 0 Å². The van der Waals surface area contributed by atoms with Crippen molar-refractivity contribution in [2.75, 3.05) is 12.4 Å². The summed E-state index contributed by atoms with van der Waals surface area (Å²) >= 11 is 0. The summed E-state index contributed by atoms with van der Waals surface area (Å²) in [6, 6.07) is 6.35. The van der Waals surface area contributed by atoms with Crippen LogP contribution in [0, 0.1) is 10.1 Å². The molecule has 1 unspecified atom stereocenters. The molecule has 0 fully saturated rings. The molecule has 0 aliphatic heterocycles. The van der Waals surface area contributed by atoms with E-state index in [1.807, 2.05) is 13.0 Å².